The van der Waals surface area contributed by atoms with Gasteiger partial charge >= 0.3 is 0 Å². The minimum atomic E-state index is 0. The predicted molar refractivity (Wildman–Crippen MR) is 53.2 cm³/mol. The molecule has 0 aromatic carbocycles. The Labute approximate surface area is 99.6 Å². The van der Waals surface area contributed by atoms with Crippen molar-refractivity contribution in [3.63, 3.8) is 0 Å². The Kier molecular flexibility index (Phi) is 5.20. The van der Waals surface area contributed by atoms with E-state index in [0.29, 0.717) is 12.9 Å². The Bertz CT molecular complexity index is 178. The van der Waals surface area contributed by atoms with Crippen molar-refractivity contribution in [2.24, 2.45) is 10.8 Å². The summed E-state index contributed by atoms with van der Waals surface area (Å²) in [6.45, 7) is 9.46. The van der Waals surface area contributed by atoms with Crippen LogP contribution in [0.25, 0.3) is 0 Å². The summed E-state index contributed by atoms with van der Waals surface area (Å²) < 4.78 is 10.6. The zero-order chi connectivity index (χ0) is 10.1. The Balaban J connectivity index is 0.00000169. The monoisotopic (exact) mass is 236 g/mol. The van der Waals surface area contributed by atoms with E-state index >= 15 is 0 Å². The fourth-order valence-electron chi connectivity index (χ4n) is 1.80. The Morgan fingerprint density at radius 3 is 2.21 bits per heavy atom. The zero-order valence-electron chi connectivity index (χ0n) is 9.83. The fourth-order valence-corrected chi connectivity index (χ4v) is 1.80. The van der Waals surface area contributed by atoms with Gasteiger partial charge in [0.15, 0.2) is 0 Å². The van der Waals surface area contributed by atoms with Gasteiger partial charge < -0.3 is 15.9 Å². The molecule has 83 valence electrons. The zero-order valence-corrected chi connectivity index (χ0v) is 11.2. The van der Waals surface area contributed by atoms with Gasteiger partial charge in [0.05, 0.1) is 0 Å². The largest absolute Gasteiger partial charge is 0.359 e. The van der Waals surface area contributed by atoms with Crippen molar-refractivity contribution in [1.29, 1.82) is 0 Å². The van der Waals surface area contributed by atoms with E-state index in [9.17, 15) is 0 Å². The van der Waals surface area contributed by atoms with Crippen LogP contribution < -0.4 is 0 Å². The van der Waals surface area contributed by atoms with E-state index < -0.39 is 0 Å². The standard InChI is InChI=1S/C11H21O2.V/c1-10(2)7-6-9(11(10,3)4)13-8-12-5;/h7,9H,6,8H2,1-5H3;/q-1;. The second kappa shape index (κ2) is 5.02. The molecule has 0 N–H and O–H groups in total. The van der Waals surface area contributed by atoms with Crippen LogP contribution in [0.4, 0.5) is 0 Å². The van der Waals surface area contributed by atoms with Gasteiger partial charge in [-0.1, -0.05) is 27.7 Å². The van der Waals surface area contributed by atoms with E-state index in [-0.39, 0.29) is 29.4 Å². The Morgan fingerprint density at radius 2 is 1.86 bits per heavy atom. The number of methoxy groups -OCH3 is 1. The molecule has 0 aromatic heterocycles. The molecule has 1 saturated carbocycles. The predicted octanol–water partition coefficient (Wildman–Crippen LogP) is 2.63. The molecule has 2 nitrogen and oxygen atoms in total. The van der Waals surface area contributed by atoms with Gasteiger partial charge in [-0.15, -0.1) is 0 Å². The molecule has 0 saturated heterocycles. The summed E-state index contributed by atoms with van der Waals surface area (Å²) in [5.41, 5.74) is 0.455. The maximum Gasteiger partial charge on any atom is 0.146 e. The van der Waals surface area contributed by atoms with Gasteiger partial charge in [0.25, 0.3) is 0 Å². The van der Waals surface area contributed by atoms with E-state index in [4.69, 9.17) is 9.47 Å². The van der Waals surface area contributed by atoms with Gasteiger partial charge in [-0.25, -0.2) is 0 Å². The van der Waals surface area contributed by atoms with Crippen molar-refractivity contribution in [1.82, 2.24) is 0 Å². The van der Waals surface area contributed by atoms with Gasteiger partial charge in [0, 0.05) is 31.8 Å². The van der Waals surface area contributed by atoms with Crippen molar-refractivity contribution >= 4 is 0 Å². The molecule has 1 atom stereocenters. The number of ether oxygens (including phenoxy) is 2. The van der Waals surface area contributed by atoms with Crippen LogP contribution in [0.3, 0.4) is 0 Å². The van der Waals surface area contributed by atoms with E-state index in [1.807, 2.05) is 0 Å². The van der Waals surface area contributed by atoms with Crippen molar-refractivity contribution in [2.75, 3.05) is 13.9 Å². The van der Waals surface area contributed by atoms with Crippen LogP contribution in [0, 0.1) is 17.3 Å². The Hall–Kier alpha value is 0.504. The fraction of sp³-hybridized carbons (Fsp3) is 0.909. The summed E-state index contributed by atoms with van der Waals surface area (Å²) in [6, 6.07) is 0. The summed E-state index contributed by atoms with van der Waals surface area (Å²) in [4.78, 5) is 0. The third-order valence-electron chi connectivity index (χ3n) is 3.69. The van der Waals surface area contributed by atoms with Gasteiger partial charge in [0.2, 0.25) is 0 Å². The minimum absolute atomic E-state index is 0. The molecule has 0 aliphatic heterocycles. The van der Waals surface area contributed by atoms with Crippen LogP contribution in [0.5, 0.6) is 0 Å². The second-order valence-corrected chi connectivity index (χ2v) is 4.95. The molecular formula is C11H21O2V-. The summed E-state index contributed by atoms with van der Waals surface area (Å²) >= 11 is 0. The molecule has 1 fully saturated rings. The first kappa shape index (κ1) is 14.5. The van der Waals surface area contributed by atoms with E-state index in [2.05, 4.69) is 34.1 Å². The van der Waals surface area contributed by atoms with Crippen molar-refractivity contribution in [3.8, 4) is 0 Å². The summed E-state index contributed by atoms with van der Waals surface area (Å²) in [7, 11) is 1.66. The van der Waals surface area contributed by atoms with E-state index in [0.717, 1.165) is 6.42 Å². The quantitative estimate of drug-likeness (QED) is 0.554. The summed E-state index contributed by atoms with van der Waals surface area (Å²) in [6.07, 6.45) is 3.68. The molecule has 3 heteroatoms. The molecule has 1 radical (unpaired) electrons. The molecule has 1 rings (SSSR count). The average molecular weight is 236 g/mol. The molecule has 1 aliphatic carbocycles. The SMILES string of the molecule is COCOC1C[CH-]C(C)(C)C1(C)C.[V]. The number of hydrogen-bond acceptors (Lipinski definition) is 2. The van der Waals surface area contributed by atoms with Gasteiger partial charge in [-0.2, -0.15) is 11.8 Å². The first-order chi connectivity index (χ1) is 5.92. The topological polar surface area (TPSA) is 18.5 Å². The van der Waals surface area contributed by atoms with Crippen LogP contribution in [-0.2, 0) is 28.0 Å². The molecule has 1 aliphatic rings. The third kappa shape index (κ3) is 2.54. The van der Waals surface area contributed by atoms with Crippen LogP contribution >= 0.6 is 0 Å². The van der Waals surface area contributed by atoms with Gasteiger partial charge in [-0.05, 0) is 5.41 Å². The number of rotatable bonds is 3. The van der Waals surface area contributed by atoms with Crippen LogP contribution in [-0.4, -0.2) is 20.0 Å². The normalized spacial score (nSPS) is 28.5. The first-order valence-corrected chi connectivity index (χ1v) is 4.87. The summed E-state index contributed by atoms with van der Waals surface area (Å²) in [5, 5.41) is 0. The number of hydrogen-bond donors (Lipinski definition) is 0. The molecule has 0 amide bonds. The van der Waals surface area contributed by atoms with Gasteiger partial charge in [-0.3, -0.25) is 0 Å². The Morgan fingerprint density at radius 1 is 1.29 bits per heavy atom. The smallest absolute Gasteiger partial charge is 0.146 e. The molecule has 1 unspecified atom stereocenters. The average Bonchev–Trinajstić information content (AvgIpc) is 2.21. The molecular weight excluding hydrogens is 215 g/mol. The van der Waals surface area contributed by atoms with E-state index in [1.54, 1.807) is 7.11 Å². The van der Waals surface area contributed by atoms with Crippen molar-refractivity contribution in [2.45, 2.75) is 40.2 Å². The van der Waals surface area contributed by atoms with Gasteiger partial charge in [0.1, 0.15) is 6.79 Å². The second-order valence-electron chi connectivity index (χ2n) is 4.95. The van der Waals surface area contributed by atoms with E-state index in [1.165, 1.54) is 0 Å². The first-order valence-electron chi connectivity index (χ1n) is 4.87. The van der Waals surface area contributed by atoms with Crippen LogP contribution in [0.2, 0.25) is 0 Å². The maximum atomic E-state index is 5.65. The minimum Gasteiger partial charge on any atom is -0.359 e. The summed E-state index contributed by atoms with van der Waals surface area (Å²) in [5.74, 6) is 0. The molecule has 0 heterocycles. The maximum absolute atomic E-state index is 5.65. The molecule has 0 spiro atoms. The third-order valence-corrected chi connectivity index (χ3v) is 3.69. The van der Waals surface area contributed by atoms with Crippen molar-refractivity contribution < 1.29 is 28.0 Å². The van der Waals surface area contributed by atoms with Crippen LogP contribution in [0.1, 0.15) is 34.1 Å². The molecule has 0 aromatic rings. The van der Waals surface area contributed by atoms with Crippen LogP contribution in [0.15, 0.2) is 0 Å². The van der Waals surface area contributed by atoms with Crippen molar-refractivity contribution in [3.05, 3.63) is 6.42 Å². The molecule has 0 bridgehead atoms. The molecule has 14 heavy (non-hydrogen) atoms.